The van der Waals surface area contributed by atoms with Crippen molar-refractivity contribution in [1.82, 2.24) is 0 Å². The number of carbonyl (C=O) groups excluding carboxylic acids is 2. The van der Waals surface area contributed by atoms with Gasteiger partial charge in [0.05, 0.1) is 17.3 Å². The Balaban J connectivity index is 2.29. The normalized spacial score (nSPS) is 22.0. The van der Waals surface area contributed by atoms with Crippen LogP contribution in [0.3, 0.4) is 0 Å². The van der Waals surface area contributed by atoms with Crippen molar-refractivity contribution in [2.24, 2.45) is 17.3 Å². The summed E-state index contributed by atoms with van der Waals surface area (Å²) in [5.41, 5.74) is -0.540. The van der Waals surface area contributed by atoms with Gasteiger partial charge in [-0.1, -0.05) is 13.3 Å². The van der Waals surface area contributed by atoms with E-state index in [1.165, 1.54) is 0 Å². The number of ether oxygens (including phenoxy) is 2. The first kappa shape index (κ1) is 18.5. The molecule has 0 saturated heterocycles. The fourth-order valence-electron chi connectivity index (χ4n) is 2.36. The molecule has 0 aliphatic heterocycles. The van der Waals surface area contributed by atoms with Crippen LogP contribution in [0.5, 0.6) is 0 Å². The van der Waals surface area contributed by atoms with Crippen LogP contribution in [0.1, 0.15) is 52.9 Å². The first-order valence-corrected chi connectivity index (χ1v) is 7.84. The molecule has 1 saturated carbocycles. The molecule has 0 heterocycles. The number of rotatable bonds is 7. The van der Waals surface area contributed by atoms with Crippen LogP contribution in [-0.4, -0.2) is 36.2 Å². The third-order valence-corrected chi connectivity index (χ3v) is 4.35. The van der Waals surface area contributed by atoms with E-state index in [0.717, 1.165) is 6.42 Å². The molecule has 0 radical (unpaired) electrons. The van der Waals surface area contributed by atoms with E-state index in [-0.39, 0.29) is 25.1 Å². The molecule has 1 fully saturated rings. The van der Waals surface area contributed by atoms with Crippen molar-refractivity contribution in [3.05, 3.63) is 0 Å². The summed E-state index contributed by atoms with van der Waals surface area (Å²) in [4.78, 5) is 34.6. The van der Waals surface area contributed by atoms with Gasteiger partial charge in [-0.2, -0.15) is 0 Å². The van der Waals surface area contributed by atoms with Crippen LogP contribution in [0, 0.1) is 17.3 Å². The maximum atomic E-state index is 11.9. The molecule has 1 aliphatic carbocycles. The average Bonchev–Trinajstić information content (AvgIpc) is 2.51. The summed E-state index contributed by atoms with van der Waals surface area (Å²) >= 11 is 0. The summed E-state index contributed by atoms with van der Waals surface area (Å²) in [6.07, 6.45) is 2.99. The number of esters is 2. The number of carboxylic acid groups (broad SMARTS) is 1. The average molecular weight is 314 g/mol. The molecule has 1 rings (SSSR count). The van der Waals surface area contributed by atoms with Gasteiger partial charge in [0.15, 0.2) is 0 Å². The molecular weight excluding hydrogens is 288 g/mol. The quantitative estimate of drug-likeness (QED) is 0.573. The molecule has 0 aromatic carbocycles. The Bertz CT molecular complexity index is 415. The molecule has 6 heteroatoms. The van der Waals surface area contributed by atoms with Crippen molar-refractivity contribution >= 4 is 17.9 Å². The predicted molar refractivity (Wildman–Crippen MR) is 79.1 cm³/mol. The second-order valence-electron chi connectivity index (χ2n) is 6.44. The number of carboxylic acids is 1. The Morgan fingerprint density at radius 2 is 1.68 bits per heavy atom. The number of carbonyl (C=O) groups is 3. The second-order valence-corrected chi connectivity index (χ2v) is 6.44. The van der Waals surface area contributed by atoms with Gasteiger partial charge in [-0.15, -0.1) is 0 Å². The van der Waals surface area contributed by atoms with Crippen LogP contribution in [0.25, 0.3) is 0 Å². The predicted octanol–water partition coefficient (Wildman–Crippen LogP) is 2.40. The van der Waals surface area contributed by atoms with Gasteiger partial charge in [0.2, 0.25) is 0 Å². The van der Waals surface area contributed by atoms with Crippen molar-refractivity contribution in [3.63, 3.8) is 0 Å². The molecule has 6 nitrogen and oxygen atoms in total. The Morgan fingerprint density at radius 3 is 2.27 bits per heavy atom. The largest absolute Gasteiger partial charge is 0.481 e. The van der Waals surface area contributed by atoms with Crippen molar-refractivity contribution in [2.75, 3.05) is 13.2 Å². The molecule has 0 spiro atoms. The van der Waals surface area contributed by atoms with Crippen LogP contribution in [0.2, 0.25) is 0 Å². The van der Waals surface area contributed by atoms with Crippen LogP contribution in [-0.2, 0) is 23.9 Å². The highest BCUT2D eigenvalue weighted by Gasteiger charge is 2.32. The van der Waals surface area contributed by atoms with Crippen LogP contribution >= 0.6 is 0 Å². The molecule has 2 atom stereocenters. The summed E-state index contributed by atoms with van der Waals surface area (Å²) in [5, 5.41) is 9.00. The first-order valence-electron chi connectivity index (χ1n) is 7.84. The van der Waals surface area contributed by atoms with E-state index >= 15 is 0 Å². The van der Waals surface area contributed by atoms with Gasteiger partial charge in [0, 0.05) is 0 Å². The third kappa shape index (κ3) is 5.31. The molecule has 0 aromatic heterocycles. The maximum absolute atomic E-state index is 11.9. The van der Waals surface area contributed by atoms with E-state index in [2.05, 4.69) is 0 Å². The fourth-order valence-corrected chi connectivity index (χ4v) is 2.36. The van der Waals surface area contributed by atoms with E-state index in [1.54, 1.807) is 13.8 Å². The molecule has 22 heavy (non-hydrogen) atoms. The molecule has 1 aliphatic rings. The lowest BCUT2D eigenvalue weighted by Crippen LogP contribution is -2.30. The van der Waals surface area contributed by atoms with Gasteiger partial charge < -0.3 is 14.6 Å². The zero-order chi connectivity index (χ0) is 16.8. The second kappa shape index (κ2) is 8.15. The van der Waals surface area contributed by atoms with E-state index in [4.69, 9.17) is 14.6 Å². The summed E-state index contributed by atoms with van der Waals surface area (Å²) in [7, 11) is 0. The van der Waals surface area contributed by atoms with Crippen LogP contribution in [0.4, 0.5) is 0 Å². The van der Waals surface area contributed by atoms with Gasteiger partial charge >= 0.3 is 17.9 Å². The van der Waals surface area contributed by atoms with Crippen LogP contribution < -0.4 is 0 Å². The molecule has 0 amide bonds. The van der Waals surface area contributed by atoms with Crippen molar-refractivity contribution in [3.8, 4) is 0 Å². The zero-order valence-corrected chi connectivity index (χ0v) is 13.6. The highest BCUT2D eigenvalue weighted by Crippen LogP contribution is 2.30. The lowest BCUT2D eigenvalue weighted by Gasteiger charge is -2.25. The van der Waals surface area contributed by atoms with E-state index < -0.39 is 23.3 Å². The Hall–Kier alpha value is -1.59. The highest BCUT2D eigenvalue weighted by atomic mass is 16.6. The number of hydrogen-bond acceptors (Lipinski definition) is 5. The monoisotopic (exact) mass is 314 g/mol. The zero-order valence-electron chi connectivity index (χ0n) is 13.6. The number of aliphatic carboxylic acids is 1. The Morgan fingerprint density at radius 1 is 1.09 bits per heavy atom. The van der Waals surface area contributed by atoms with Gasteiger partial charge in [0.1, 0.15) is 13.2 Å². The minimum atomic E-state index is -0.853. The standard InChI is InChI=1S/C16H26O6/c1-4-16(2,3)15(20)22-9-8-21-14(19)12-7-5-6-11(10-12)13(17)18/h11-12H,4-10H2,1-3H3,(H,17,18). The molecular formula is C16H26O6. The molecule has 126 valence electrons. The smallest absolute Gasteiger partial charge is 0.311 e. The maximum Gasteiger partial charge on any atom is 0.311 e. The Labute approximate surface area is 131 Å². The molecule has 1 N–H and O–H groups in total. The summed E-state index contributed by atoms with van der Waals surface area (Å²) in [6, 6.07) is 0. The van der Waals surface area contributed by atoms with E-state index in [0.29, 0.717) is 25.7 Å². The lowest BCUT2D eigenvalue weighted by atomic mass is 9.81. The first-order chi connectivity index (χ1) is 10.3. The van der Waals surface area contributed by atoms with Gasteiger partial charge in [-0.3, -0.25) is 14.4 Å². The lowest BCUT2D eigenvalue weighted by molar-refractivity contribution is -0.162. The van der Waals surface area contributed by atoms with Crippen molar-refractivity contribution in [2.45, 2.75) is 52.9 Å². The third-order valence-electron chi connectivity index (χ3n) is 4.35. The van der Waals surface area contributed by atoms with E-state index in [9.17, 15) is 14.4 Å². The molecule has 0 aromatic rings. The van der Waals surface area contributed by atoms with Crippen LogP contribution in [0.15, 0.2) is 0 Å². The fraction of sp³-hybridized carbons (Fsp3) is 0.812. The van der Waals surface area contributed by atoms with Crippen molar-refractivity contribution < 1.29 is 29.0 Å². The molecule has 2 unspecified atom stereocenters. The topological polar surface area (TPSA) is 89.9 Å². The highest BCUT2D eigenvalue weighted by molar-refractivity contribution is 5.76. The molecule has 0 bridgehead atoms. The SMILES string of the molecule is CCC(C)(C)C(=O)OCCOC(=O)C1CCCC(C(=O)O)C1. The van der Waals surface area contributed by atoms with Gasteiger partial charge in [-0.05, 0) is 39.5 Å². The summed E-state index contributed by atoms with van der Waals surface area (Å²) in [5.74, 6) is -2.38. The van der Waals surface area contributed by atoms with Gasteiger partial charge in [-0.25, -0.2) is 0 Å². The minimum absolute atomic E-state index is 0.0125. The van der Waals surface area contributed by atoms with E-state index in [1.807, 2.05) is 6.92 Å². The van der Waals surface area contributed by atoms with Gasteiger partial charge in [0.25, 0.3) is 0 Å². The summed E-state index contributed by atoms with van der Waals surface area (Å²) < 4.78 is 10.2. The van der Waals surface area contributed by atoms with Crippen molar-refractivity contribution in [1.29, 1.82) is 0 Å². The Kier molecular flexibility index (Phi) is 6.84. The number of hydrogen-bond donors (Lipinski definition) is 1. The summed E-state index contributed by atoms with van der Waals surface area (Å²) in [6.45, 7) is 5.55. The minimum Gasteiger partial charge on any atom is -0.481 e.